The van der Waals surface area contributed by atoms with Gasteiger partial charge in [0.25, 0.3) is 0 Å². The molecule has 1 aliphatic heterocycles. The zero-order valence-corrected chi connectivity index (χ0v) is 15.9. The van der Waals surface area contributed by atoms with Gasteiger partial charge in [0.15, 0.2) is 11.5 Å². The first-order chi connectivity index (χ1) is 12.7. The van der Waals surface area contributed by atoms with E-state index in [2.05, 4.69) is 48.2 Å². The van der Waals surface area contributed by atoms with Gasteiger partial charge in [0.1, 0.15) is 6.61 Å². The van der Waals surface area contributed by atoms with Crippen LogP contribution in [-0.2, 0) is 17.8 Å². The molecule has 1 saturated heterocycles. The molecule has 0 N–H and O–H groups in total. The summed E-state index contributed by atoms with van der Waals surface area (Å²) in [6.45, 7) is 7.59. The lowest BCUT2D eigenvalue weighted by molar-refractivity contribution is 0.0374. The van der Waals surface area contributed by atoms with E-state index in [-0.39, 0.29) is 0 Å². The third-order valence-electron chi connectivity index (χ3n) is 4.75. The molecule has 4 heteroatoms. The fourth-order valence-electron chi connectivity index (χ4n) is 3.28. The summed E-state index contributed by atoms with van der Waals surface area (Å²) < 4.78 is 16.9. The molecule has 3 rings (SSSR count). The van der Waals surface area contributed by atoms with Crippen molar-refractivity contribution in [2.75, 3.05) is 40.0 Å². The molecule has 1 aliphatic rings. The van der Waals surface area contributed by atoms with Gasteiger partial charge in [-0.1, -0.05) is 35.9 Å². The lowest BCUT2D eigenvalue weighted by atomic mass is 10.1. The molecule has 1 fully saturated rings. The van der Waals surface area contributed by atoms with Gasteiger partial charge in [0, 0.05) is 13.1 Å². The number of methoxy groups -OCH3 is 1. The first-order valence-electron chi connectivity index (χ1n) is 9.40. The Morgan fingerprint density at radius 2 is 1.85 bits per heavy atom. The van der Waals surface area contributed by atoms with Gasteiger partial charge in [0.05, 0.1) is 20.3 Å². The second-order valence-electron chi connectivity index (χ2n) is 6.82. The number of morpholine rings is 1. The molecule has 0 radical (unpaired) electrons. The first-order valence-corrected chi connectivity index (χ1v) is 9.40. The highest BCUT2D eigenvalue weighted by Crippen LogP contribution is 2.29. The molecule has 2 aromatic carbocycles. The summed E-state index contributed by atoms with van der Waals surface area (Å²) in [6.07, 6.45) is 2.19. The smallest absolute Gasteiger partial charge is 0.161 e. The highest BCUT2D eigenvalue weighted by atomic mass is 16.5. The Morgan fingerprint density at radius 1 is 1.00 bits per heavy atom. The second-order valence-corrected chi connectivity index (χ2v) is 6.82. The third-order valence-corrected chi connectivity index (χ3v) is 4.75. The lowest BCUT2D eigenvalue weighted by Gasteiger charge is -2.26. The summed E-state index contributed by atoms with van der Waals surface area (Å²) in [7, 11) is 1.69. The maximum absolute atomic E-state index is 6.05. The van der Waals surface area contributed by atoms with E-state index in [1.165, 1.54) is 16.7 Å². The van der Waals surface area contributed by atoms with E-state index in [1.54, 1.807) is 7.11 Å². The summed E-state index contributed by atoms with van der Waals surface area (Å²) in [4.78, 5) is 2.47. The van der Waals surface area contributed by atoms with Gasteiger partial charge in [-0.3, -0.25) is 4.90 Å². The molecule has 0 spiro atoms. The first kappa shape index (κ1) is 18.7. The molecule has 1 heterocycles. The predicted octanol–water partition coefficient (Wildman–Crippen LogP) is 3.85. The fraction of sp³-hybridized carbons (Fsp3) is 0.455. The van der Waals surface area contributed by atoms with E-state index in [0.717, 1.165) is 57.2 Å². The van der Waals surface area contributed by atoms with Crippen molar-refractivity contribution in [1.82, 2.24) is 4.90 Å². The molecule has 0 aliphatic carbocycles. The fourth-order valence-corrected chi connectivity index (χ4v) is 3.28. The SMILES string of the molecule is COc1ccc(CCCN2CCOCC2)cc1OCc1cccc(C)c1. The van der Waals surface area contributed by atoms with Crippen LogP contribution in [0.3, 0.4) is 0 Å². The number of hydrogen-bond donors (Lipinski definition) is 0. The van der Waals surface area contributed by atoms with E-state index >= 15 is 0 Å². The molecule has 4 nitrogen and oxygen atoms in total. The van der Waals surface area contributed by atoms with Crippen LogP contribution in [0.5, 0.6) is 11.5 Å². The number of hydrogen-bond acceptors (Lipinski definition) is 4. The van der Waals surface area contributed by atoms with Crippen molar-refractivity contribution in [1.29, 1.82) is 0 Å². The van der Waals surface area contributed by atoms with Crippen molar-refractivity contribution < 1.29 is 14.2 Å². The van der Waals surface area contributed by atoms with Gasteiger partial charge in [-0.15, -0.1) is 0 Å². The number of nitrogens with zero attached hydrogens (tertiary/aromatic N) is 1. The molecule has 0 aromatic heterocycles. The van der Waals surface area contributed by atoms with Crippen LogP contribution in [0.4, 0.5) is 0 Å². The molecule has 26 heavy (non-hydrogen) atoms. The minimum absolute atomic E-state index is 0.551. The Hall–Kier alpha value is -2.04. The van der Waals surface area contributed by atoms with Crippen LogP contribution in [0.25, 0.3) is 0 Å². The van der Waals surface area contributed by atoms with Crippen molar-refractivity contribution in [3.8, 4) is 11.5 Å². The van der Waals surface area contributed by atoms with Crippen LogP contribution < -0.4 is 9.47 Å². The van der Waals surface area contributed by atoms with Crippen molar-refractivity contribution in [3.63, 3.8) is 0 Å². The van der Waals surface area contributed by atoms with E-state index in [9.17, 15) is 0 Å². The van der Waals surface area contributed by atoms with Gasteiger partial charge >= 0.3 is 0 Å². The van der Waals surface area contributed by atoms with Gasteiger partial charge in [-0.05, 0) is 49.6 Å². The summed E-state index contributed by atoms with van der Waals surface area (Å²) >= 11 is 0. The highest BCUT2D eigenvalue weighted by Gasteiger charge is 2.11. The van der Waals surface area contributed by atoms with Crippen molar-refractivity contribution in [3.05, 3.63) is 59.2 Å². The van der Waals surface area contributed by atoms with Gasteiger partial charge in [0.2, 0.25) is 0 Å². The molecular formula is C22H29NO3. The molecular weight excluding hydrogens is 326 g/mol. The number of rotatable bonds is 8. The molecule has 0 saturated carbocycles. The van der Waals surface area contributed by atoms with Crippen LogP contribution >= 0.6 is 0 Å². The minimum Gasteiger partial charge on any atom is -0.493 e. The van der Waals surface area contributed by atoms with Crippen molar-refractivity contribution in [2.24, 2.45) is 0 Å². The van der Waals surface area contributed by atoms with Crippen LogP contribution in [0.15, 0.2) is 42.5 Å². The zero-order valence-electron chi connectivity index (χ0n) is 15.9. The van der Waals surface area contributed by atoms with E-state index < -0.39 is 0 Å². The molecule has 0 amide bonds. The van der Waals surface area contributed by atoms with E-state index in [4.69, 9.17) is 14.2 Å². The maximum atomic E-state index is 6.05. The Kier molecular flexibility index (Phi) is 6.92. The average Bonchev–Trinajstić information content (AvgIpc) is 2.67. The average molecular weight is 355 g/mol. The van der Waals surface area contributed by atoms with Crippen LogP contribution in [0.2, 0.25) is 0 Å². The Bertz CT molecular complexity index is 696. The maximum Gasteiger partial charge on any atom is 0.161 e. The van der Waals surface area contributed by atoms with Crippen LogP contribution in [-0.4, -0.2) is 44.9 Å². The largest absolute Gasteiger partial charge is 0.493 e. The summed E-state index contributed by atoms with van der Waals surface area (Å²) in [5.41, 5.74) is 3.71. The quantitative estimate of drug-likeness (QED) is 0.720. The lowest BCUT2D eigenvalue weighted by Crippen LogP contribution is -2.36. The van der Waals surface area contributed by atoms with Gasteiger partial charge < -0.3 is 14.2 Å². The van der Waals surface area contributed by atoms with Gasteiger partial charge in [-0.2, -0.15) is 0 Å². The van der Waals surface area contributed by atoms with Crippen molar-refractivity contribution >= 4 is 0 Å². The summed E-state index contributed by atoms with van der Waals surface area (Å²) in [5.74, 6) is 1.60. The Morgan fingerprint density at radius 3 is 2.62 bits per heavy atom. The molecule has 0 unspecified atom stereocenters. The van der Waals surface area contributed by atoms with E-state index in [0.29, 0.717) is 6.61 Å². The van der Waals surface area contributed by atoms with Crippen LogP contribution in [0.1, 0.15) is 23.1 Å². The highest BCUT2D eigenvalue weighted by molar-refractivity contribution is 5.43. The minimum atomic E-state index is 0.551. The Balaban J connectivity index is 1.56. The Labute approximate surface area is 156 Å². The van der Waals surface area contributed by atoms with Crippen LogP contribution in [0, 0.1) is 6.92 Å². The second kappa shape index (κ2) is 9.60. The summed E-state index contributed by atoms with van der Waals surface area (Å²) in [5, 5.41) is 0. The molecule has 0 atom stereocenters. The molecule has 140 valence electrons. The zero-order chi connectivity index (χ0) is 18.2. The molecule has 0 bridgehead atoms. The van der Waals surface area contributed by atoms with Crippen molar-refractivity contribution in [2.45, 2.75) is 26.4 Å². The monoisotopic (exact) mass is 355 g/mol. The molecule has 2 aromatic rings. The number of benzene rings is 2. The summed E-state index contributed by atoms with van der Waals surface area (Å²) in [6, 6.07) is 14.7. The standard InChI is InChI=1S/C22H29NO3/c1-18-5-3-6-20(15-18)17-26-22-16-19(8-9-21(22)24-2)7-4-10-23-11-13-25-14-12-23/h3,5-6,8-9,15-16H,4,7,10-14,17H2,1-2H3. The normalized spacial score (nSPS) is 15.0. The topological polar surface area (TPSA) is 30.9 Å². The van der Waals surface area contributed by atoms with Gasteiger partial charge in [-0.25, -0.2) is 0 Å². The number of ether oxygens (including phenoxy) is 3. The number of aryl methyl sites for hydroxylation is 2. The van der Waals surface area contributed by atoms with E-state index in [1.807, 2.05) is 6.07 Å². The third kappa shape index (κ3) is 5.48. The predicted molar refractivity (Wildman–Crippen MR) is 104 cm³/mol.